The van der Waals surface area contributed by atoms with Crippen molar-refractivity contribution in [3.8, 4) is 0 Å². The molecule has 0 amide bonds. The highest BCUT2D eigenvalue weighted by atomic mass is 32.2. The lowest BCUT2D eigenvalue weighted by atomic mass is 9.88. The van der Waals surface area contributed by atoms with Crippen LogP contribution in [0.15, 0.2) is 0 Å². The Morgan fingerprint density at radius 2 is 2.06 bits per heavy atom. The molecule has 3 heteroatoms. The molecule has 2 N–H and O–H groups in total. The third-order valence-corrected chi connectivity index (χ3v) is 5.82. The lowest BCUT2D eigenvalue weighted by Crippen LogP contribution is -2.41. The molecule has 0 aromatic heterocycles. The van der Waals surface area contributed by atoms with E-state index in [4.69, 9.17) is 5.73 Å². The van der Waals surface area contributed by atoms with Crippen LogP contribution in [0.4, 0.5) is 0 Å². The summed E-state index contributed by atoms with van der Waals surface area (Å²) in [6.45, 7) is 4.72. The molecule has 0 aromatic carbocycles. The van der Waals surface area contributed by atoms with E-state index in [-0.39, 0.29) is 0 Å². The standard InChI is InChI=1S/C13H26N2S/c1-16-13(6-3-2-4-7-13)11-15-8-5-12(9-14)10-15/h12H,2-11,14H2,1H3. The SMILES string of the molecule is CSC1(CN2CCC(CN)C2)CCCCC1. The minimum absolute atomic E-state index is 0.571. The number of rotatable bonds is 4. The van der Waals surface area contributed by atoms with Gasteiger partial charge in [-0.1, -0.05) is 19.3 Å². The van der Waals surface area contributed by atoms with Gasteiger partial charge in [-0.3, -0.25) is 0 Å². The third kappa shape index (κ3) is 2.93. The Kier molecular flexibility index (Phi) is 4.57. The Hall–Kier alpha value is 0.270. The summed E-state index contributed by atoms with van der Waals surface area (Å²) in [5, 5.41) is 0. The highest BCUT2D eigenvalue weighted by Crippen LogP contribution is 2.39. The molecule has 1 atom stereocenters. The van der Waals surface area contributed by atoms with Crippen molar-refractivity contribution in [3.63, 3.8) is 0 Å². The lowest BCUT2D eigenvalue weighted by molar-refractivity contribution is 0.252. The van der Waals surface area contributed by atoms with Crippen LogP contribution < -0.4 is 5.73 Å². The van der Waals surface area contributed by atoms with Gasteiger partial charge < -0.3 is 10.6 Å². The van der Waals surface area contributed by atoms with E-state index < -0.39 is 0 Å². The van der Waals surface area contributed by atoms with Crippen LogP contribution in [-0.4, -0.2) is 42.1 Å². The van der Waals surface area contributed by atoms with Crippen molar-refractivity contribution in [2.24, 2.45) is 11.7 Å². The predicted octanol–water partition coefficient (Wildman–Crippen LogP) is 2.33. The fourth-order valence-electron chi connectivity index (χ4n) is 3.28. The Bertz CT molecular complexity index is 214. The van der Waals surface area contributed by atoms with E-state index in [1.165, 1.54) is 58.2 Å². The molecule has 1 saturated carbocycles. The molecule has 94 valence electrons. The van der Waals surface area contributed by atoms with Gasteiger partial charge in [0.25, 0.3) is 0 Å². The van der Waals surface area contributed by atoms with Crippen LogP contribution in [0.25, 0.3) is 0 Å². The van der Waals surface area contributed by atoms with Crippen molar-refractivity contribution in [3.05, 3.63) is 0 Å². The smallest absolute Gasteiger partial charge is 0.0284 e. The summed E-state index contributed by atoms with van der Waals surface area (Å²) < 4.78 is 0.571. The summed E-state index contributed by atoms with van der Waals surface area (Å²) >= 11 is 2.12. The lowest BCUT2D eigenvalue weighted by Gasteiger charge is -2.39. The molecule has 1 saturated heterocycles. The molecular formula is C13H26N2S. The maximum Gasteiger partial charge on any atom is 0.0284 e. The van der Waals surface area contributed by atoms with Gasteiger partial charge in [0.2, 0.25) is 0 Å². The normalized spacial score (nSPS) is 30.8. The molecule has 0 bridgehead atoms. The molecule has 16 heavy (non-hydrogen) atoms. The molecule has 1 aliphatic heterocycles. The average molecular weight is 242 g/mol. The molecule has 1 heterocycles. The third-order valence-electron chi connectivity index (χ3n) is 4.41. The van der Waals surface area contributed by atoms with E-state index in [1.54, 1.807) is 0 Å². The Morgan fingerprint density at radius 3 is 2.62 bits per heavy atom. The van der Waals surface area contributed by atoms with Crippen molar-refractivity contribution < 1.29 is 0 Å². The Balaban J connectivity index is 1.86. The maximum atomic E-state index is 5.76. The number of hydrogen-bond donors (Lipinski definition) is 1. The Morgan fingerprint density at radius 1 is 1.31 bits per heavy atom. The van der Waals surface area contributed by atoms with Gasteiger partial charge >= 0.3 is 0 Å². The first-order chi connectivity index (χ1) is 7.78. The molecule has 1 unspecified atom stereocenters. The topological polar surface area (TPSA) is 29.3 Å². The first-order valence-electron chi connectivity index (χ1n) is 6.75. The first kappa shape index (κ1) is 12.7. The van der Waals surface area contributed by atoms with Crippen molar-refractivity contribution >= 4 is 11.8 Å². The van der Waals surface area contributed by atoms with E-state index in [0.717, 1.165) is 12.5 Å². The monoisotopic (exact) mass is 242 g/mol. The summed E-state index contributed by atoms with van der Waals surface area (Å²) in [4.78, 5) is 2.67. The fourth-order valence-corrected chi connectivity index (χ4v) is 4.29. The zero-order valence-electron chi connectivity index (χ0n) is 10.6. The molecule has 2 rings (SSSR count). The quantitative estimate of drug-likeness (QED) is 0.820. The van der Waals surface area contributed by atoms with E-state index in [1.807, 2.05) is 0 Å². The second kappa shape index (κ2) is 5.74. The minimum atomic E-state index is 0.571. The molecule has 2 aliphatic rings. The average Bonchev–Trinajstić information content (AvgIpc) is 2.78. The molecular weight excluding hydrogens is 216 g/mol. The highest BCUT2D eigenvalue weighted by Gasteiger charge is 2.35. The van der Waals surface area contributed by atoms with Crippen LogP contribution in [0.1, 0.15) is 38.5 Å². The van der Waals surface area contributed by atoms with Crippen LogP contribution in [0, 0.1) is 5.92 Å². The van der Waals surface area contributed by atoms with Gasteiger partial charge in [0.1, 0.15) is 0 Å². The van der Waals surface area contributed by atoms with Gasteiger partial charge in [-0.15, -0.1) is 0 Å². The van der Waals surface area contributed by atoms with Gasteiger partial charge in [-0.25, -0.2) is 0 Å². The number of thioether (sulfide) groups is 1. The van der Waals surface area contributed by atoms with Crippen LogP contribution in [0.5, 0.6) is 0 Å². The molecule has 0 spiro atoms. The fraction of sp³-hybridized carbons (Fsp3) is 1.00. The van der Waals surface area contributed by atoms with Gasteiger partial charge in [-0.2, -0.15) is 11.8 Å². The van der Waals surface area contributed by atoms with Gasteiger partial charge in [0.05, 0.1) is 0 Å². The minimum Gasteiger partial charge on any atom is -0.330 e. The molecule has 0 radical (unpaired) electrons. The van der Waals surface area contributed by atoms with E-state index >= 15 is 0 Å². The summed E-state index contributed by atoms with van der Waals surface area (Å²) in [7, 11) is 0. The van der Waals surface area contributed by atoms with Gasteiger partial charge in [0, 0.05) is 17.8 Å². The van der Waals surface area contributed by atoms with Crippen LogP contribution in [-0.2, 0) is 0 Å². The van der Waals surface area contributed by atoms with Crippen molar-refractivity contribution in [2.45, 2.75) is 43.3 Å². The zero-order chi connectivity index (χ0) is 11.4. The summed E-state index contributed by atoms with van der Waals surface area (Å²) in [5.74, 6) is 0.766. The Labute approximate surface area is 104 Å². The van der Waals surface area contributed by atoms with Crippen LogP contribution >= 0.6 is 11.8 Å². The predicted molar refractivity (Wildman–Crippen MR) is 72.9 cm³/mol. The van der Waals surface area contributed by atoms with Gasteiger partial charge in [-0.05, 0) is 44.5 Å². The maximum absolute atomic E-state index is 5.76. The van der Waals surface area contributed by atoms with Crippen LogP contribution in [0.2, 0.25) is 0 Å². The number of nitrogens with two attached hydrogens (primary N) is 1. The van der Waals surface area contributed by atoms with E-state index in [9.17, 15) is 0 Å². The first-order valence-corrected chi connectivity index (χ1v) is 7.98. The zero-order valence-corrected chi connectivity index (χ0v) is 11.4. The van der Waals surface area contributed by atoms with E-state index in [2.05, 4.69) is 22.9 Å². The molecule has 1 aliphatic carbocycles. The van der Waals surface area contributed by atoms with Crippen molar-refractivity contribution in [2.75, 3.05) is 32.4 Å². The number of likely N-dealkylation sites (tertiary alicyclic amines) is 1. The number of nitrogens with zero attached hydrogens (tertiary/aromatic N) is 1. The highest BCUT2D eigenvalue weighted by molar-refractivity contribution is 8.00. The second-order valence-corrected chi connectivity index (χ2v) is 6.85. The van der Waals surface area contributed by atoms with Crippen molar-refractivity contribution in [1.82, 2.24) is 4.90 Å². The summed E-state index contributed by atoms with van der Waals surface area (Å²) in [5.41, 5.74) is 5.76. The number of hydrogen-bond acceptors (Lipinski definition) is 3. The van der Waals surface area contributed by atoms with Crippen molar-refractivity contribution in [1.29, 1.82) is 0 Å². The molecule has 2 fully saturated rings. The van der Waals surface area contributed by atoms with Crippen LogP contribution in [0.3, 0.4) is 0 Å². The molecule has 2 nitrogen and oxygen atoms in total. The van der Waals surface area contributed by atoms with Gasteiger partial charge in [0.15, 0.2) is 0 Å². The van der Waals surface area contributed by atoms with E-state index in [0.29, 0.717) is 4.75 Å². The second-order valence-electron chi connectivity index (χ2n) is 5.57. The summed E-state index contributed by atoms with van der Waals surface area (Å²) in [6.07, 6.45) is 10.8. The summed E-state index contributed by atoms with van der Waals surface area (Å²) in [6, 6.07) is 0. The molecule has 0 aromatic rings. The largest absolute Gasteiger partial charge is 0.330 e.